The summed E-state index contributed by atoms with van der Waals surface area (Å²) in [6, 6.07) is 19.4. The predicted octanol–water partition coefficient (Wildman–Crippen LogP) is 6.79. The van der Waals surface area contributed by atoms with Crippen LogP contribution in [0.1, 0.15) is 35.3 Å². The van der Waals surface area contributed by atoms with E-state index < -0.39 is 12.1 Å². The molecule has 0 unspecified atom stereocenters. The van der Waals surface area contributed by atoms with Gasteiger partial charge in [-0.15, -0.1) is 0 Å². The van der Waals surface area contributed by atoms with Crippen molar-refractivity contribution in [1.29, 1.82) is 0 Å². The summed E-state index contributed by atoms with van der Waals surface area (Å²) in [5.41, 5.74) is 2.20. The highest BCUT2D eigenvalue weighted by molar-refractivity contribution is 6.30. The van der Waals surface area contributed by atoms with Crippen molar-refractivity contribution in [2.24, 2.45) is 5.41 Å². The largest absolute Gasteiger partial charge is 0.489 e. The summed E-state index contributed by atoms with van der Waals surface area (Å²) < 4.78 is 17.0. The van der Waals surface area contributed by atoms with Gasteiger partial charge in [0.05, 0.1) is 17.9 Å². The molecule has 0 aliphatic heterocycles. The SMILES string of the molecule is CN(C)CC(C)(C)COC(=O)Nc1ccc(OCc2cnc(-c3ccc(OCc4cccc(Cl)c4)cc3)nc2)cc1C(=O)O. The molecule has 3 aromatic carbocycles. The highest BCUT2D eigenvalue weighted by Crippen LogP contribution is 2.25. The quantitative estimate of drug-likeness (QED) is 0.167. The Morgan fingerprint density at radius 2 is 1.57 bits per heavy atom. The molecule has 1 heterocycles. The molecule has 1 amide bonds. The number of ether oxygens (including phenoxy) is 3. The molecule has 44 heavy (non-hydrogen) atoms. The molecule has 4 rings (SSSR count). The van der Waals surface area contributed by atoms with Gasteiger partial charge < -0.3 is 24.2 Å². The zero-order chi connectivity index (χ0) is 31.7. The Kier molecular flexibility index (Phi) is 10.8. The molecule has 0 saturated heterocycles. The standard InChI is InChI=1S/C33H35ClN4O6/c1-33(2,20-38(3)4)21-44-32(41)37-29-13-12-27(15-28(29)31(39)40)43-19-23-16-35-30(36-17-23)24-8-10-26(11-9-24)42-18-22-6-5-7-25(34)14-22/h5-17H,18-21H2,1-4H3,(H,37,41)(H,39,40). The van der Waals surface area contributed by atoms with Gasteiger partial charge in [0, 0.05) is 40.5 Å². The lowest BCUT2D eigenvalue weighted by molar-refractivity contribution is 0.0697. The maximum atomic E-state index is 12.4. The summed E-state index contributed by atoms with van der Waals surface area (Å²) in [4.78, 5) is 35.1. The molecule has 1 aromatic heterocycles. The first-order valence-electron chi connectivity index (χ1n) is 13.8. The maximum Gasteiger partial charge on any atom is 0.411 e. The van der Waals surface area contributed by atoms with E-state index in [2.05, 4.69) is 15.3 Å². The van der Waals surface area contributed by atoms with E-state index in [1.807, 2.05) is 81.4 Å². The first-order chi connectivity index (χ1) is 21.0. The fourth-order valence-corrected chi connectivity index (χ4v) is 4.66. The average molecular weight is 619 g/mol. The van der Waals surface area contributed by atoms with E-state index in [0.29, 0.717) is 34.5 Å². The Balaban J connectivity index is 1.31. The van der Waals surface area contributed by atoms with Crippen LogP contribution in [0.5, 0.6) is 11.5 Å². The van der Waals surface area contributed by atoms with Crippen molar-refractivity contribution >= 4 is 29.4 Å². The van der Waals surface area contributed by atoms with Crippen molar-refractivity contribution in [3.8, 4) is 22.9 Å². The van der Waals surface area contributed by atoms with Gasteiger partial charge in [0.2, 0.25) is 0 Å². The second kappa shape index (κ2) is 14.7. The Morgan fingerprint density at radius 1 is 0.909 bits per heavy atom. The molecular formula is C33H35ClN4O6. The van der Waals surface area contributed by atoms with Crippen LogP contribution in [0.25, 0.3) is 11.4 Å². The van der Waals surface area contributed by atoms with Crippen LogP contribution in [0.15, 0.2) is 79.1 Å². The molecule has 2 N–H and O–H groups in total. The highest BCUT2D eigenvalue weighted by Gasteiger charge is 2.22. The number of aromatic nitrogens is 2. The number of hydrogen-bond acceptors (Lipinski definition) is 8. The van der Waals surface area contributed by atoms with Crippen LogP contribution in [0.2, 0.25) is 5.02 Å². The minimum absolute atomic E-state index is 0.105. The number of halogens is 1. The van der Waals surface area contributed by atoms with Gasteiger partial charge in [-0.25, -0.2) is 19.6 Å². The summed E-state index contributed by atoms with van der Waals surface area (Å²) in [6.07, 6.45) is 2.56. The number of anilines is 1. The molecule has 0 saturated carbocycles. The number of carbonyl (C=O) groups excluding carboxylic acids is 1. The minimum Gasteiger partial charge on any atom is -0.489 e. The maximum absolute atomic E-state index is 12.4. The van der Waals surface area contributed by atoms with Gasteiger partial charge in [0.1, 0.15) is 24.7 Å². The molecule has 0 aliphatic carbocycles. The molecule has 0 bridgehead atoms. The van der Waals surface area contributed by atoms with Crippen LogP contribution in [-0.4, -0.2) is 59.3 Å². The number of nitrogens with zero attached hydrogens (tertiary/aromatic N) is 3. The number of nitrogens with one attached hydrogen (secondary N) is 1. The van der Waals surface area contributed by atoms with Gasteiger partial charge in [-0.2, -0.15) is 0 Å². The summed E-state index contributed by atoms with van der Waals surface area (Å²) >= 11 is 6.03. The fraction of sp³-hybridized carbons (Fsp3) is 0.273. The molecule has 0 atom stereocenters. The third-order valence-corrected chi connectivity index (χ3v) is 6.55. The smallest absolute Gasteiger partial charge is 0.411 e. The Morgan fingerprint density at radius 3 is 2.23 bits per heavy atom. The first-order valence-corrected chi connectivity index (χ1v) is 14.2. The molecule has 0 aliphatic rings. The number of carboxylic acids is 1. The molecule has 4 aromatic rings. The van der Waals surface area contributed by atoms with E-state index in [4.69, 9.17) is 25.8 Å². The third-order valence-electron chi connectivity index (χ3n) is 6.31. The molecule has 0 radical (unpaired) electrons. The topological polar surface area (TPSA) is 123 Å². The molecule has 11 heteroatoms. The average Bonchev–Trinajstić information content (AvgIpc) is 2.98. The minimum atomic E-state index is -1.22. The van der Waals surface area contributed by atoms with Crippen LogP contribution >= 0.6 is 11.6 Å². The van der Waals surface area contributed by atoms with Gasteiger partial charge in [-0.3, -0.25) is 5.32 Å². The van der Waals surface area contributed by atoms with Crippen LogP contribution in [0.3, 0.4) is 0 Å². The number of rotatable bonds is 13. The number of aromatic carboxylic acids is 1. The van der Waals surface area contributed by atoms with Crippen molar-refractivity contribution in [2.75, 3.05) is 32.6 Å². The van der Waals surface area contributed by atoms with Gasteiger partial charge >= 0.3 is 12.1 Å². The highest BCUT2D eigenvalue weighted by atomic mass is 35.5. The zero-order valence-electron chi connectivity index (χ0n) is 25.0. The Labute approximate surface area is 261 Å². The fourth-order valence-electron chi connectivity index (χ4n) is 4.45. The van der Waals surface area contributed by atoms with Crippen LogP contribution < -0.4 is 14.8 Å². The van der Waals surface area contributed by atoms with Crippen LogP contribution in [0, 0.1) is 5.41 Å². The van der Waals surface area contributed by atoms with Gasteiger partial charge in [0.25, 0.3) is 0 Å². The number of carbonyl (C=O) groups is 2. The normalized spacial score (nSPS) is 11.2. The van der Waals surface area contributed by atoms with E-state index in [1.165, 1.54) is 12.1 Å². The van der Waals surface area contributed by atoms with Gasteiger partial charge in [0.15, 0.2) is 5.82 Å². The molecular weight excluding hydrogens is 584 g/mol. The van der Waals surface area contributed by atoms with Crippen molar-refractivity contribution < 1.29 is 28.9 Å². The summed E-state index contributed by atoms with van der Waals surface area (Å²) in [5.74, 6) is 0.343. The molecule has 230 valence electrons. The van der Waals surface area contributed by atoms with Crippen molar-refractivity contribution in [1.82, 2.24) is 14.9 Å². The van der Waals surface area contributed by atoms with Crippen LogP contribution in [-0.2, 0) is 18.0 Å². The Hall–Kier alpha value is -4.67. The number of amides is 1. The molecule has 10 nitrogen and oxygen atoms in total. The number of hydrogen-bond donors (Lipinski definition) is 2. The lowest BCUT2D eigenvalue weighted by Crippen LogP contribution is -2.34. The van der Waals surface area contributed by atoms with E-state index in [-0.39, 0.29) is 29.9 Å². The van der Waals surface area contributed by atoms with E-state index in [1.54, 1.807) is 18.5 Å². The predicted molar refractivity (Wildman–Crippen MR) is 168 cm³/mol. The van der Waals surface area contributed by atoms with Gasteiger partial charge in [-0.1, -0.05) is 37.6 Å². The first kappa shape index (κ1) is 32.2. The lowest BCUT2D eigenvalue weighted by Gasteiger charge is -2.27. The van der Waals surface area contributed by atoms with Crippen molar-refractivity contribution in [2.45, 2.75) is 27.1 Å². The van der Waals surface area contributed by atoms with Crippen molar-refractivity contribution in [3.05, 3.63) is 101 Å². The third kappa shape index (κ3) is 9.68. The van der Waals surface area contributed by atoms with Crippen LogP contribution in [0.4, 0.5) is 10.5 Å². The monoisotopic (exact) mass is 618 g/mol. The van der Waals surface area contributed by atoms with E-state index in [0.717, 1.165) is 17.7 Å². The number of carboxylic acid groups (broad SMARTS) is 1. The summed E-state index contributed by atoms with van der Waals surface area (Å²) in [6.45, 7) is 5.37. The number of benzene rings is 3. The molecule has 0 fully saturated rings. The van der Waals surface area contributed by atoms with Gasteiger partial charge in [-0.05, 0) is 74.3 Å². The lowest BCUT2D eigenvalue weighted by atomic mass is 9.94. The second-order valence-electron chi connectivity index (χ2n) is 11.3. The second-order valence-corrected chi connectivity index (χ2v) is 11.7. The Bertz CT molecular complexity index is 1580. The van der Waals surface area contributed by atoms with E-state index in [9.17, 15) is 14.7 Å². The zero-order valence-corrected chi connectivity index (χ0v) is 25.8. The van der Waals surface area contributed by atoms with Crippen molar-refractivity contribution in [3.63, 3.8) is 0 Å². The van der Waals surface area contributed by atoms with E-state index >= 15 is 0 Å². The summed E-state index contributed by atoms with van der Waals surface area (Å²) in [7, 11) is 3.88. The summed E-state index contributed by atoms with van der Waals surface area (Å²) in [5, 5.41) is 12.9. The molecule has 0 spiro atoms.